The van der Waals surface area contributed by atoms with Crippen molar-refractivity contribution in [1.29, 1.82) is 0 Å². The van der Waals surface area contributed by atoms with Gasteiger partial charge in [0, 0.05) is 42.4 Å². The number of ketones is 4. The zero-order valence-electron chi connectivity index (χ0n) is 48.1. The predicted molar refractivity (Wildman–Crippen MR) is 303 cm³/mol. The van der Waals surface area contributed by atoms with Gasteiger partial charge in [-0.3, -0.25) is 19.2 Å². The van der Waals surface area contributed by atoms with Gasteiger partial charge in [-0.2, -0.15) is 0 Å². The fraction of sp³-hybridized carbons (Fsp3) is 0.635. The molecule has 1 amide bonds. The van der Waals surface area contributed by atoms with Gasteiger partial charge in [0.25, 0.3) is 0 Å². The Morgan fingerprint density at radius 1 is 0.466 bits per heavy atom. The molecule has 0 radical (unpaired) electrons. The molecule has 412 valence electrons. The van der Waals surface area contributed by atoms with Crippen LogP contribution in [-0.2, 0) is 9.53 Å². The van der Waals surface area contributed by atoms with Crippen LogP contribution in [0.15, 0.2) is 72.8 Å². The summed E-state index contributed by atoms with van der Waals surface area (Å²) in [5.74, 6) is 4.27. The van der Waals surface area contributed by atoms with Gasteiger partial charge in [-0.1, -0.05) is 140 Å². The summed E-state index contributed by atoms with van der Waals surface area (Å²) in [5, 5.41) is 2.72. The van der Waals surface area contributed by atoms with Crippen LogP contribution >= 0.6 is 0 Å². The molecule has 0 aliphatic heterocycles. The summed E-state index contributed by atoms with van der Waals surface area (Å²) in [6.07, 6.45) is 7.07. The van der Waals surface area contributed by atoms with E-state index in [1.54, 1.807) is 32.9 Å². The lowest BCUT2D eigenvalue weighted by molar-refractivity contribution is -0.121. The first-order valence-corrected chi connectivity index (χ1v) is 26.6. The smallest absolute Gasteiger partial charge is 0.408 e. The first kappa shape index (κ1) is 68.0. The number of carbonyl (C=O) groups is 5. The van der Waals surface area contributed by atoms with Crippen molar-refractivity contribution in [3.8, 4) is 17.2 Å². The van der Waals surface area contributed by atoms with Crippen molar-refractivity contribution in [3.05, 3.63) is 89.5 Å². The Kier molecular flexibility index (Phi) is 30.8. The van der Waals surface area contributed by atoms with Gasteiger partial charge in [0.2, 0.25) is 0 Å². The number of benzene rings is 3. The van der Waals surface area contributed by atoms with E-state index in [2.05, 4.69) is 88.4 Å². The summed E-state index contributed by atoms with van der Waals surface area (Å²) < 4.78 is 22.6. The van der Waals surface area contributed by atoms with Crippen molar-refractivity contribution in [2.75, 3.05) is 13.2 Å². The molecule has 0 aromatic heterocycles. The summed E-state index contributed by atoms with van der Waals surface area (Å²) in [4.78, 5) is 61.8. The minimum absolute atomic E-state index is 0. The summed E-state index contributed by atoms with van der Waals surface area (Å²) in [6.45, 7) is 38.1. The third-order valence-corrected chi connectivity index (χ3v) is 10.5. The summed E-state index contributed by atoms with van der Waals surface area (Å²) in [7, 11) is 0. The summed E-state index contributed by atoms with van der Waals surface area (Å²) in [5.41, 5.74) is 1.38. The molecule has 0 aliphatic rings. The Labute approximate surface area is 444 Å². The molecule has 73 heavy (non-hydrogen) atoms. The van der Waals surface area contributed by atoms with Gasteiger partial charge in [-0.15, -0.1) is 0 Å². The summed E-state index contributed by atoms with van der Waals surface area (Å²) >= 11 is 0. The molecule has 1 unspecified atom stereocenters. The lowest BCUT2D eigenvalue weighted by Crippen LogP contribution is -2.43. The van der Waals surface area contributed by atoms with Crippen LogP contribution < -0.4 is 19.5 Å². The third kappa shape index (κ3) is 35.0. The SMILES string of the molecule is C.CC(C)CCC(NC(=O)OC(C)(C)C)C(=O)CCCC(=O)c1cccc(OCC(C)(C)C)c1.CC(C)CCCC(=O)c1cccc(OC(C)(C)C)c1.CC(C)CCCC(=O)c1cccc(OCC(C)(C)C)c1. The lowest BCUT2D eigenvalue weighted by atomic mass is 9.96. The van der Waals surface area contributed by atoms with Crippen LogP contribution in [0.2, 0.25) is 0 Å². The molecule has 0 aliphatic carbocycles. The van der Waals surface area contributed by atoms with Crippen LogP contribution in [0, 0.1) is 28.6 Å². The highest BCUT2D eigenvalue weighted by Gasteiger charge is 2.25. The molecule has 10 heteroatoms. The van der Waals surface area contributed by atoms with E-state index < -0.39 is 17.7 Å². The van der Waals surface area contributed by atoms with E-state index in [0.29, 0.717) is 68.0 Å². The van der Waals surface area contributed by atoms with Crippen LogP contribution in [0.1, 0.15) is 234 Å². The Balaban J connectivity index is 0.00000112. The molecule has 3 aromatic carbocycles. The maximum absolute atomic E-state index is 12.8. The molecule has 0 spiro atoms. The molecule has 0 heterocycles. The molecule has 0 saturated carbocycles. The van der Waals surface area contributed by atoms with Crippen LogP contribution in [0.3, 0.4) is 0 Å². The Morgan fingerprint density at radius 2 is 0.836 bits per heavy atom. The number of rotatable bonds is 25. The molecule has 0 bridgehead atoms. The number of Topliss-reactive ketones (excluding diaryl/α,β-unsaturated/α-hetero) is 4. The van der Waals surface area contributed by atoms with E-state index in [-0.39, 0.29) is 59.8 Å². The Hall–Kier alpha value is -4.99. The quantitative estimate of drug-likeness (QED) is 0.0823. The zero-order valence-corrected chi connectivity index (χ0v) is 48.1. The molecular weight excluding hydrogens is 915 g/mol. The van der Waals surface area contributed by atoms with Crippen LogP contribution in [0.5, 0.6) is 17.2 Å². The molecule has 1 N–H and O–H groups in total. The second-order valence-corrected chi connectivity index (χ2v) is 24.8. The van der Waals surface area contributed by atoms with Crippen molar-refractivity contribution in [1.82, 2.24) is 5.32 Å². The zero-order chi connectivity index (χ0) is 54.9. The largest absolute Gasteiger partial charge is 0.493 e. The van der Waals surface area contributed by atoms with Gasteiger partial charge >= 0.3 is 6.09 Å². The van der Waals surface area contributed by atoms with Gasteiger partial charge in [-0.25, -0.2) is 4.79 Å². The lowest BCUT2D eigenvalue weighted by Gasteiger charge is -2.23. The highest BCUT2D eigenvalue weighted by Crippen LogP contribution is 2.24. The number of alkyl carbamates (subject to hydrolysis) is 1. The molecule has 3 aromatic rings. The van der Waals surface area contributed by atoms with E-state index >= 15 is 0 Å². The highest BCUT2D eigenvalue weighted by molar-refractivity contribution is 5.97. The maximum Gasteiger partial charge on any atom is 0.408 e. The third-order valence-electron chi connectivity index (χ3n) is 10.5. The predicted octanol–water partition coefficient (Wildman–Crippen LogP) is 17.0. The molecule has 3 rings (SSSR count). The van der Waals surface area contributed by atoms with E-state index in [1.165, 1.54) is 0 Å². The fourth-order valence-electron chi connectivity index (χ4n) is 6.84. The van der Waals surface area contributed by atoms with Gasteiger partial charge in [0.15, 0.2) is 23.1 Å². The minimum Gasteiger partial charge on any atom is -0.493 e. The molecule has 1 atom stereocenters. The van der Waals surface area contributed by atoms with E-state index in [9.17, 15) is 24.0 Å². The van der Waals surface area contributed by atoms with Gasteiger partial charge in [0.1, 0.15) is 28.5 Å². The normalized spacial score (nSPS) is 12.1. The van der Waals surface area contributed by atoms with Gasteiger partial charge < -0.3 is 24.3 Å². The second kappa shape index (κ2) is 33.0. The van der Waals surface area contributed by atoms with Crippen molar-refractivity contribution in [2.45, 2.75) is 220 Å². The number of nitrogens with one attached hydrogen (secondary N) is 1. The van der Waals surface area contributed by atoms with E-state index in [1.807, 2.05) is 81.4 Å². The topological polar surface area (TPSA) is 134 Å². The van der Waals surface area contributed by atoms with Crippen LogP contribution in [-0.4, -0.2) is 59.7 Å². The van der Waals surface area contributed by atoms with Gasteiger partial charge in [0.05, 0.1) is 19.3 Å². The first-order valence-electron chi connectivity index (χ1n) is 26.6. The minimum atomic E-state index is -0.632. The molecule has 0 saturated heterocycles. The second-order valence-electron chi connectivity index (χ2n) is 24.8. The maximum atomic E-state index is 12.8. The average Bonchev–Trinajstić information content (AvgIpc) is 3.25. The molecule has 0 fully saturated rings. The Morgan fingerprint density at radius 3 is 1.19 bits per heavy atom. The van der Waals surface area contributed by atoms with Crippen molar-refractivity contribution < 1.29 is 42.9 Å². The fourth-order valence-corrected chi connectivity index (χ4v) is 6.84. The number of amides is 1. The monoisotopic (exact) mass is 1020 g/mol. The van der Waals surface area contributed by atoms with Crippen LogP contribution in [0.25, 0.3) is 0 Å². The number of ether oxygens (including phenoxy) is 4. The number of carbonyl (C=O) groups excluding carboxylic acids is 5. The van der Waals surface area contributed by atoms with Crippen molar-refractivity contribution >= 4 is 29.2 Å². The summed E-state index contributed by atoms with van der Waals surface area (Å²) in [6, 6.07) is 21.6. The highest BCUT2D eigenvalue weighted by atomic mass is 16.6. The van der Waals surface area contributed by atoms with Crippen LogP contribution in [0.4, 0.5) is 4.79 Å². The molecular formula is C63H101NO9. The molecule has 10 nitrogen and oxygen atoms in total. The van der Waals surface area contributed by atoms with E-state index in [0.717, 1.165) is 54.7 Å². The van der Waals surface area contributed by atoms with E-state index in [4.69, 9.17) is 18.9 Å². The van der Waals surface area contributed by atoms with Crippen molar-refractivity contribution in [2.24, 2.45) is 28.6 Å². The standard InChI is InChI=1S/C27H43NO5.C18H28O2.C17H26O2.CH4/c1-19(2)15-16-22(28-25(31)33-27(6,7)8)24(30)14-10-13-23(29)20-11-9-12-21(17-20)32-18-26(3,4)5;1-14(2)8-6-11-17(19)15-9-7-10-16(12-15)20-13-18(3,4)5;1-13(2)8-6-11-16(18)14-9-7-10-15(12-14)19-17(3,4)5;/h9,11-12,17,19,22H,10,13-16,18H2,1-8H3,(H,28,31);7,9-10,12,14H,6,8,11,13H2,1-5H3;7,9-10,12-13H,6,8,11H2,1-5H3;1H4. The van der Waals surface area contributed by atoms with Gasteiger partial charge in [-0.05, 0) is 139 Å². The average molecular weight is 1020 g/mol. The van der Waals surface area contributed by atoms with Crippen molar-refractivity contribution in [3.63, 3.8) is 0 Å². The number of hydrogen-bond acceptors (Lipinski definition) is 9. The first-order chi connectivity index (χ1) is 33.2. The Bertz CT molecular complexity index is 2090. The number of hydrogen-bond donors (Lipinski definition) is 1.